The van der Waals surface area contributed by atoms with Gasteiger partial charge in [0.2, 0.25) is 0 Å². The van der Waals surface area contributed by atoms with Gasteiger partial charge in [-0.15, -0.1) is 0 Å². The summed E-state index contributed by atoms with van der Waals surface area (Å²) in [6.45, 7) is 0. The van der Waals surface area contributed by atoms with Gasteiger partial charge < -0.3 is 0 Å². The predicted molar refractivity (Wildman–Crippen MR) is 106 cm³/mol. The summed E-state index contributed by atoms with van der Waals surface area (Å²) < 4.78 is 14.8. The molecule has 0 aliphatic heterocycles. The van der Waals surface area contributed by atoms with Crippen LogP contribution in [-0.4, -0.2) is 19.7 Å². The third-order valence-electron chi connectivity index (χ3n) is 4.82. The van der Waals surface area contributed by atoms with E-state index in [1.165, 1.54) is 12.1 Å². The first kappa shape index (κ1) is 16.4. The molecule has 0 atom stereocenters. The molecule has 0 fully saturated rings. The molecule has 0 radical (unpaired) electrons. The Morgan fingerprint density at radius 2 is 1.75 bits per heavy atom. The molecular weight excluding hydrogens is 355 g/mol. The monoisotopic (exact) mass is 370 g/mol. The largest absolute Gasteiger partial charge is 0.281 e. The van der Waals surface area contributed by atoms with Crippen molar-refractivity contribution in [1.82, 2.24) is 19.7 Å². The number of halogens is 1. The molecule has 0 spiro atoms. The number of nitrogens with zero attached hydrogens (tertiary/aromatic N) is 3. The Labute approximate surface area is 159 Å². The average Bonchev–Trinajstić information content (AvgIpc) is 3.15. The van der Waals surface area contributed by atoms with Crippen LogP contribution in [0.1, 0.15) is 11.3 Å². The number of H-pyrrole nitrogens is 1. The number of benzene rings is 2. The zero-order valence-corrected chi connectivity index (χ0v) is 14.8. The molecule has 5 nitrogen and oxygen atoms in total. The zero-order valence-electron chi connectivity index (χ0n) is 14.8. The summed E-state index contributed by atoms with van der Waals surface area (Å²) in [4.78, 5) is 17.9. The van der Waals surface area contributed by atoms with Gasteiger partial charge in [0, 0.05) is 18.0 Å². The maximum Gasteiger partial charge on any atom is 0.268 e. The van der Waals surface area contributed by atoms with Crippen LogP contribution in [0.5, 0.6) is 0 Å². The molecule has 0 aliphatic rings. The molecule has 5 aromatic rings. The van der Waals surface area contributed by atoms with Crippen molar-refractivity contribution in [3.63, 3.8) is 0 Å². The molecule has 0 aliphatic carbocycles. The number of nitrogens with one attached hydrogen (secondary N) is 1. The van der Waals surface area contributed by atoms with Crippen LogP contribution >= 0.6 is 0 Å². The zero-order chi connectivity index (χ0) is 19.1. The number of fused-ring (bicyclic) bond motifs is 3. The van der Waals surface area contributed by atoms with Crippen LogP contribution in [0.2, 0.25) is 0 Å². The summed E-state index contributed by atoms with van der Waals surface area (Å²) in [7, 11) is 0. The minimum absolute atomic E-state index is 0.182. The second kappa shape index (κ2) is 6.42. The lowest BCUT2D eigenvalue weighted by Crippen LogP contribution is -2.20. The van der Waals surface area contributed by atoms with Gasteiger partial charge in [-0.05, 0) is 42.0 Å². The lowest BCUT2D eigenvalue weighted by atomic mass is 10.1. The molecule has 0 saturated heterocycles. The van der Waals surface area contributed by atoms with Gasteiger partial charge in [-0.3, -0.25) is 14.5 Å². The number of hydrogen-bond donors (Lipinski definition) is 1. The smallest absolute Gasteiger partial charge is 0.268 e. The van der Waals surface area contributed by atoms with Crippen molar-refractivity contribution in [2.45, 2.75) is 6.42 Å². The Balaban J connectivity index is 1.81. The van der Waals surface area contributed by atoms with E-state index in [9.17, 15) is 9.18 Å². The maximum atomic E-state index is 13.5. The number of para-hydroxylation sites is 1. The van der Waals surface area contributed by atoms with E-state index < -0.39 is 0 Å². The van der Waals surface area contributed by atoms with E-state index in [1.54, 1.807) is 22.9 Å². The highest BCUT2D eigenvalue weighted by atomic mass is 19.1. The van der Waals surface area contributed by atoms with Crippen molar-refractivity contribution in [3.8, 4) is 5.69 Å². The molecular formula is C22H15FN4O. The number of aromatic amines is 1. The number of hydrogen-bond acceptors (Lipinski definition) is 3. The van der Waals surface area contributed by atoms with E-state index >= 15 is 0 Å². The molecule has 3 heterocycles. The second-order valence-corrected chi connectivity index (χ2v) is 6.58. The van der Waals surface area contributed by atoms with E-state index in [0.717, 1.165) is 16.6 Å². The fourth-order valence-electron chi connectivity index (χ4n) is 3.52. The summed E-state index contributed by atoms with van der Waals surface area (Å²) in [5.74, 6) is -0.290. The molecule has 3 aromatic heterocycles. The normalized spacial score (nSPS) is 11.3. The van der Waals surface area contributed by atoms with Crippen LogP contribution in [0, 0.1) is 5.82 Å². The first-order chi connectivity index (χ1) is 13.7. The predicted octanol–water partition coefficient (Wildman–Crippen LogP) is 3.99. The Hall–Kier alpha value is -3.80. The van der Waals surface area contributed by atoms with Crippen molar-refractivity contribution in [1.29, 1.82) is 0 Å². The highest BCUT2D eigenvalue weighted by molar-refractivity contribution is 6.03. The van der Waals surface area contributed by atoms with E-state index in [4.69, 9.17) is 0 Å². The molecule has 5 rings (SSSR count). The summed E-state index contributed by atoms with van der Waals surface area (Å²) in [6.07, 6.45) is 2.12. The minimum Gasteiger partial charge on any atom is -0.281 e. The van der Waals surface area contributed by atoms with E-state index in [-0.39, 0.29) is 11.4 Å². The molecule has 2 aromatic carbocycles. The second-order valence-electron chi connectivity index (χ2n) is 6.58. The number of rotatable bonds is 3. The SMILES string of the molecule is O=c1c2c(Cc3ccc(F)cc3)[nH]nc2c2cccnc2n1-c1ccccc1. The van der Waals surface area contributed by atoms with Gasteiger partial charge in [0.1, 0.15) is 17.0 Å². The third kappa shape index (κ3) is 2.58. The molecule has 6 heteroatoms. The maximum absolute atomic E-state index is 13.5. The lowest BCUT2D eigenvalue weighted by Gasteiger charge is -2.10. The first-order valence-corrected chi connectivity index (χ1v) is 8.89. The molecule has 0 saturated carbocycles. The Bertz CT molecular complexity index is 1350. The Kier molecular flexibility index (Phi) is 3.76. The topological polar surface area (TPSA) is 63.6 Å². The summed E-state index contributed by atoms with van der Waals surface area (Å²) in [6, 6.07) is 19.4. The Morgan fingerprint density at radius 3 is 2.54 bits per heavy atom. The van der Waals surface area contributed by atoms with E-state index in [0.29, 0.717) is 28.7 Å². The standard InChI is InChI=1S/C22H15FN4O/c23-15-10-8-14(9-11-15)13-18-19-20(26-25-18)17-7-4-12-24-21(17)27(22(19)28)16-5-2-1-3-6-16/h1-12H,13H2,(H,25,26). The van der Waals surface area contributed by atoms with Crippen LogP contribution in [0.4, 0.5) is 4.39 Å². The summed E-state index contributed by atoms with van der Waals surface area (Å²) in [5, 5.41) is 8.72. The minimum atomic E-state index is -0.290. The third-order valence-corrected chi connectivity index (χ3v) is 4.82. The quantitative estimate of drug-likeness (QED) is 0.522. The van der Waals surface area contributed by atoms with Crippen molar-refractivity contribution < 1.29 is 4.39 Å². The van der Waals surface area contributed by atoms with Crippen molar-refractivity contribution in [2.75, 3.05) is 0 Å². The molecule has 0 unspecified atom stereocenters. The summed E-state index contributed by atoms with van der Waals surface area (Å²) in [5.41, 5.74) is 3.31. The van der Waals surface area contributed by atoms with Crippen LogP contribution in [0.3, 0.4) is 0 Å². The Morgan fingerprint density at radius 1 is 0.964 bits per heavy atom. The van der Waals surface area contributed by atoms with Gasteiger partial charge in [-0.2, -0.15) is 5.10 Å². The highest BCUT2D eigenvalue weighted by Gasteiger charge is 2.18. The van der Waals surface area contributed by atoms with Gasteiger partial charge in [0.25, 0.3) is 5.56 Å². The molecule has 0 bridgehead atoms. The first-order valence-electron chi connectivity index (χ1n) is 8.89. The number of pyridine rings is 2. The average molecular weight is 370 g/mol. The fourth-order valence-corrected chi connectivity index (χ4v) is 3.52. The van der Waals surface area contributed by atoms with Gasteiger partial charge in [-0.1, -0.05) is 30.3 Å². The van der Waals surface area contributed by atoms with Gasteiger partial charge in [0.15, 0.2) is 0 Å². The molecule has 28 heavy (non-hydrogen) atoms. The van der Waals surface area contributed by atoms with Gasteiger partial charge >= 0.3 is 0 Å². The van der Waals surface area contributed by atoms with Crippen molar-refractivity contribution in [2.24, 2.45) is 0 Å². The van der Waals surface area contributed by atoms with Crippen LogP contribution in [-0.2, 0) is 6.42 Å². The lowest BCUT2D eigenvalue weighted by molar-refractivity contribution is 0.627. The van der Waals surface area contributed by atoms with Gasteiger partial charge in [0.05, 0.1) is 16.8 Å². The molecule has 1 N–H and O–H groups in total. The summed E-state index contributed by atoms with van der Waals surface area (Å²) >= 11 is 0. The van der Waals surface area contributed by atoms with Crippen LogP contribution in [0.15, 0.2) is 77.7 Å². The molecule has 136 valence electrons. The van der Waals surface area contributed by atoms with Crippen molar-refractivity contribution >= 4 is 21.9 Å². The van der Waals surface area contributed by atoms with E-state index in [1.807, 2.05) is 42.5 Å². The van der Waals surface area contributed by atoms with Gasteiger partial charge in [-0.25, -0.2) is 9.37 Å². The highest BCUT2D eigenvalue weighted by Crippen LogP contribution is 2.25. The fraction of sp³-hybridized carbons (Fsp3) is 0.0455. The van der Waals surface area contributed by atoms with Crippen molar-refractivity contribution in [3.05, 3.63) is 100 Å². The van der Waals surface area contributed by atoms with Crippen LogP contribution in [0.25, 0.3) is 27.6 Å². The number of aromatic nitrogens is 4. The van der Waals surface area contributed by atoms with E-state index in [2.05, 4.69) is 15.2 Å². The van der Waals surface area contributed by atoms with Crippen LogP contribution < -0.4 is 5.56 Å². The molecule has 0 amide bonds.